The van der Waals surface area contributed by atoms with Crippen LogP contribution < -0.4 is 0 Å². The second-order valence-electron chi connectivity index (χ2n) is 5.30. The van der Waals surface area contributed by atoms with Crippen molar-refractivity contribution in [3.05, 3.63) is 12.2 Å². The van der Waals surface area contributed by atoms with Crippen LogP contribution in [0.25, 0.3) is 0 Å². The molecule has 1 aromatic rings. The fraction of sp³-hybridized carbons (Fsp3) is 0.833. The molecule has 1 aliphatic heterocycles. The highest BCUT2D eigenvalue weighted by Gasteiger charge is 2.22. The molecule has 0 amide bonds. The lowest BCUT2D eigenvalue weighted by molar-refractivity contribution is 0.300. The molecule has 4 nitrogen and oxygen atoms in total. The Bertz CT molecular complexity index is 350. The van der Waals surface area contributed by atoms with Crippen LogP contribution in [0.2, 0.25) is 0 Å². The summed E-state index contributed by atoms with van der Waals surface area (Å²) in [6.07, 6.45) is 2.87. The monoisotopic (exact) mass is 256 g/mol. The number of alkyl halides is 1. The molecule has 0 saturated carbocycles. The lowest BCUT2D eigenvalue weighted by Gasteiger charge is -2.16. The van der Waals surface area contributed by atoms with Gasteiger partial charge < -0.3 is 0 Å². The molecule has 96 valence electrons. The maximum Gasteiger partial charge on any atom is 0.141 e. The van der Waals surface area contributed by atoms with E-state index >= 15 is 0 Å². The molecule has 5 heteroatoms. The van der Waals surface area contributed by atoms with Crippen LogP contribution in [0.15, 0.2) is 6.33 Å². The predicted octanol–water partition coefficient (Wildman–Crippen LogP) is 1.99. The minimum absolute atomic E-state index is 0.601. The van der Waals surface area contributed by atoms with Gasteiger partial charge in [-0.25, -0.2) is 9.67 Å². The molecule has 0 spiro atoms. The molecule has 1 unspecified atom stereocenters. The van der Waals surface area contributed by atoms with Crippen molar-refractivity contribution in [3.8, 4) is 0 Å². The Morgan fingerprint density at radius 1 is 1.53 bits per heavy atom. The van der Waals surface area contributed by atoms with Crippen LogP contribution in [-0.2, 0) is 13.1 Å². The largest absolute Gasteiger partial charge is 0.296 e. The quantitative estimate of drug-likeness (QED) is 0.756. The molecule has 2 rings (SSSR count). The highest BCUT2D eigenvalue weighted by atomic mass is 35.5. The Kier molecular flexibility index (Phi) is 4.40. The molecular weight excluding hydrogens is 236 g/mol. The number of hydrogen-bond donors (Lipinski definition) is 0. The SMILES string of the molecule is CC(C)Cn1ncnc1CN1CCC(CCl)C1. The fourth-order valence-corrected chi connectivity index (χ4v) is 2.54. The van der Waals surface area contributed by atoms with Crippen molar-refractivity contribution in [1.29, 1.82) is 0 Å². The second kappa shape index (κ2) is 5.83. The van der Waals surface area contributed by atoms with E-state index in [9.17, 15) is 0 Å². The molecule has 1 saturated heterocycles. The number of halogens is 1. The first kappa shape index (κ1) is 12.8. The molecule has 0 N–H and O–H groups in total. The van der Waals surface area contributed by atoms with Gasteiger partial charge >= 0.3 is 0 Å². The number of nitrogens with zero attached hydrogens (tertiary/aromatic N) is 4. The van der Waals surface area contributed by atoms with E-state index in [0.717, 1.165) is 37.9 Å². The van der Waals surface area contributed by atoms with E-state index in [2.05, 4.69) is 28.8 Å². The maximum absolute atomic E-state index is 5.90. The average molecular weight is 257 g/mol. The van der Waals surface area contributed by atoms with Gasteiger partial charge in [0.1, 0.15) is 12.2 Å². The summed E-state index contributed by atoms with van der Waals surface area (Å²) in [4.78, 5) is 6.79. The van der Waals surface area contributed by atoms with Gasteiger partial charge in [0, 0.05) is 19.0 Å². The van der Waals surface area contributed by atoms with Gasteiger partial charge in [0.15, 0.2) is 0 Å². The zero-order valence-corrected chi connectivity index (χ0v) is 11.4. The molecule has 1 atom stereocenters. The van der Waals surface area contributed by atoms with E-state index in [4.69, 9.17) is 11.6 Å². The number of aromatic nitrogens is 3. The summed E-state index contributed by atoms with van der Waals surface area (Å²) in [5.41, 5.74) is 0. The second-order valence-corrected chi connectivity index (χ2v) is 5.60. The van der Waals surface area contributed by atoms with Crippen molar-refractivity contribution in [2.24, 2.45) is 11.8 Å². The van der Waals surface area contributed by atoms with Crippen molar-refractivity contribution in [2.75, 3.05) is 19.0 Å². The molecule has 2 heterocycles. The number of likely N-dealkylation sites (tertiary alicyclic amines) is 1. The highest BCUT2D eigenvalue weighted by molar-refractivity contribution is 6.18. The third-order valence-corrected chi connectivity index (χ3v) is 3.62. The minimum Gasteiger partial charge on any atom is -0.296 e. The topological polar surface area (TPSA) is 34.0 Å². The predicted molar refractivity (Wildman–Crippen MR) is 69.0 cm³/mol. The Morgan fingerprint density at radius 2 is 2.35 bits per heavy atom. The van der Waals surface area contributed by atoms with Crippen molar-refractivity contribution in [3.63, 3.8) is 0 Å². The van der Waals surface area contributed by atoms with E-state index in [1.807, 2.05) is 4.68 Å². The molecule has 0 radical (unpaired) electrons. The third-order valence-electron chi connectivity index (χ3n) is 3.19. The van der Waals surface area contributed by atoms with Gasteiger partial charge in [-0.2, -0.15) is 5.10 Å². The van der Waals surface area contributed by atoms with Gasteiger partial charge in [-0.05, 0) is 24.8 Å². The van der Waals surface area contributed by atoms with Crippen LogP contribution in [0.3, 0.4) is 0 Å². The standard InChI is InChI=1S/C12H21ClN4/c1-10(2)6-17-12(14-9-15-17)8-16-4-3-11(5-13)7-16/h9-11H,3-8H2,1-2H3. The molecule has 0 aliphatic carbocycles. The van der Waals surface area contributed by atoms with Crippen LogP contribution in [0.1, 0.15) is 26.1 Å². The first-order valence-corrected chi connectivity index (χ1v) is 6.87. The van der Waals surface area contributed by atoms with Crippen LogP contribution >= 0.6 is 11.6 Å². The highest BCUT2D eigenvalue weighted by Crippen LogP contribution is 2.19. The molecular formula is C12H21ClN4. The third kappa shape index (κ3) is 3.42. The molecule has 1 aromatic heterocycles. The smallest absolute Gasteiger partial charge is 0.141 e. The van der Waals surface area contributed by atoms with Crippen molar-refractivity contribution < 1.29 is 0 Å². The van der Waals surface area contributed by atoms with E-state index in [1.54, 1.807) is 6.33 Å². The molecule has 0 bridgehead atoms. The summed E-state index contributed by atoms with van der Waals surface area (Å²) in [5, 5.41) is 4.29. The van der Waals surface area contributed by atoms with Crippen LogP contribution in [0.5, 0.6) is 0 Å². The summed E-state index contributed by atoms with van der Waals surface area (Å²) >= 11 is 5.90. The van der Waals surface area contributed by atoms with Crippen molar-refractivity contribution in [1.82, 2.24) is 19.7 Å². The van der Waals surface area contributed by atoms with Crippen molar-refractivity contribution in [2.45, 2.75) is 33.4 Å². The summed E-state index contributed by atoms with van der Waals surface area (Å²) in [7, 11) is 0. The Morgan fingerprint density at radius 3 is 3.00 bits per heavy atom. The fourth-order valence-electron chi connectivity index (χ4n) is 2.29. The van der Waals surface area contributed by atoms with E-state index in [0.29, 0.717) is 11.8 Å². The van der Waals surface area contributed by atoms with Gasteiger partial charge in [-0.3, -0.25) is 4.90 Å². The van der Waals surface area contributed by atoms with E-state index in [1.165, 1.54) is 6.42 Å². The van der Waals surface area contributed by atoms with Crippen LogP contribution in [0, 0.1) is 11.8 Å². The summed E-state index contributed by atoms with van der Waals surface area (Å²) in [5.74, 6) is 3.10. The van der Waals surface area contributed by atoms with Crippen LogP contribution in [-0.4, -0.2) is 38.6 Å². The Balaban J connectivity index is 1.92. The van der Waals surface area contributed by atoms with Gasteiger partial charge in [-0.15, -0.1) is 11.6 Å². The molecule has 17 heavy (non-hydrogen) atoms. The maximum atomic E-state index is 5.90. The average Bonchev–Trinajstić information content (AvgIpc) is 2.89. The van der Waals surface area contributed by atoms with Gasteiger partial charge in [0.2, 0.25) is 0 Å². The summed E-state index contributed by atoms with van der Waals surface area (Å²) < 4.78 is 2.03. The van der Waals surface area contributed by atoms with Gasteiger partial charge in [0.25, 0.3) is 0 Å². The zero-order chi connectivity index (χ0) is 12.3. The number of rotatable bonds is 5. The molecule has 0 aromatic carbocycles. The minimum atomic E-state index is 0.601. The first-order chi connectivity index (χ1) is 8.19. The molecule has 1 aliphatic rings. The van der Waals surface area contributed by atoms with E-state index < -0.39 is 0 Å². The summed E-state index contributed by atoms with van der Waals surface area (Å²) in [6, 6.07) is 0. The Hall–Kier alpha value is -0.610. The number of hydrogen-bond acceptors (Lipinski definition) is 3. The van der Waals surface area contributed by atoms with Gasteiger partial charge in [-0.1, -0.05) is 13.8 Å². The van der Waals surface area contributed by atoms with Crippen LogP contribution in [0.4, 0.5) is 0 Å². The summed E-state index contributed by atoms with van der Waals surface area (Å²) in [6.45, 7) is 8.47. The normalized spacial score (nSPS) is 21.5. The zero-order valence-electron chi connectivity index (χ0n) is 10.6. The first-order valence-electron chi connectivity index (χ1n) is 6.34. The van der Waals surface area contributed by atoms with Gasteiger partial charge in [0.05, 0.1) is 6.54 Å². The molecule has 1 fully saturated rings. The van der Waals surface area contributed by atoms with E-state index in [-0.39, 0.29) is 0 Å². The van der Waals surface area contributed by atoms with Crippen molar-refractivity contribution >= 4 is 11.6 Å². The lowest BCUT2D eigenvalue weighted by Crippen LogP contribution is -2.23. The Labute approximate surface area is 108 Å². The lowest BCUT2D eigenvalue weighted by atomic mass is 10.2.